The predicted molar refractivity (Wildman–Crippen MR) is 69.8 cm³/mol. The highest BCUT2D eigenvalue weighted by atomic mass is 16.6. The lowest BCUT2D eigenvalue weighted by atomic mass is 9.74. The van der Waals surface area contributed by atoms with Gasteiger partial charge in [0.1, 0.15) is 0 Å². The van der Waals surface area contributed by atoms with Gasteiger partial charge in [-0.2, -0.15) is 4.98 Å². The third-order valence-electron chi connectivity index (χ3n) is 3.85. The number of carbonyl (C=O) groups is 1. The van der Waals surface area contributed by atoms with Gasteiger partial charge < -0.3 is 18.8 Å². The molecular weight excluding hydrogens is 276 g/mol. The second-order valence-corrected chi connectivity index (χ2v) is 5.34. The first-order valence-electron chi connectivity index (χ1n) is 6.83. The molecule has 1 unspecified atom stereocenters. The quantitative estimate of drug-likeness (QED) is 0.840. The second kappa shape index (κ2) is 5.33. The molecule has 0 aromatic carbocycles. The molecule has 7 nitrogen and oxygen atoms in total. The number of nitrogens with zero attached hydrogens (tertiary/aromatic N) is 2. The fourth-order valence-corrected chi connectivity index (χ4v) is 2.23. The predicted octanol–water partition coefficient (Wildman–Crippen LogP) is 1.92. The van der Waals surface area contributed by atoms with Crippen molar-refractivity contribution in [1.29, 1.82) is 0 Å². The molecule has 1 fully saturated rings. The molecule has 0 aliphatic heterocycles. The molecule has 2 aromatic rings. The minimum absolute atomic E-state index is 0.0358. The van der Waals surface area contributed by atoms with E-state index in [1.807, 2.05) is 0 Å². The molecule has 0 spiro atoms. The zero-order valence-electron chi connectivity index (χ0n) is 11.6. The number of hydrogen-bond acceptors (Lipinski definition) is 7. The molecule has 21 heavy (non-hydrogen) atoms. The Hall–Kier alpha value is -2.15. The van der Waals surface area contributed by atoms with E-state index in [9.17, 15) is 9.90 Å². The molecule has 2 aromatic heterocycles. The van der Waals surface area contributed by atoms with E-state index in [0.717, 1.165) is 19.3 Å². The van der Waals surface area contributed by atoms with Crippen LogP contribution in [-0.2, 0) is 16.1 Å². The van der Waals surface area contributed by atoms with Crippen LogP contribution in [0.3, 0.4) is 0 Å². The minimum atomic E-state index is -1.46. The molecule has 2 heterocycles. The van der Waals surface area contributed by atoms with Crippen LogP contribution in [0.4, 0.5) is 0 Å². The summed E-state index contributed by atoms with van der Waals surface area (Å²) >= 11 is 0. The van der Waals surface area contributed by atoms with Crippen LogP contribution in [0.5, 0.6) is 0 Å². The fraction of sp³-hybridized carbons (Fsp3) is 0.500. The van der Waals surface area contributed by atoms with Gasteiger partial charge >= 0.3 is 5.97 Å². The van der Waals surface area contributed by atoms with Crippen molar-refractivity contribution < 1.29 is 23.6 Å². The number of esters is 1. The Kier molecular flexibility index (Phi) is 3.50. The van der Waals surface area contributed by atoms with Crippen molar-refractivity contribution in [3.63, 3.8) is 0 Å². The van der Waals surface area contributed by atoms with Crippen LogP contribution < -0.4 is 0 Å². The number of ether oxygens (including phenoxy) is 1. The maximum absolute atomic E-state index is 11.9. The van der Waals surface area contributed by atoms with Gasteiger partial charge in [0, 0.05) is 0 Å². The van der Waals surface area contributed by atoms with Crippen LogP contribution in [0.15, 0.2) is 27.3 Å². The topological polar surface area (TPSA) is 98.6 Å². The largest absolute Gasteiger partial charge is 0.461 e. The summed E-state index contributed by atoms with van der Waals surface area (Å²) in [5.74, 6) is 0.213. The number of aliphatic hydroxyl groups is 1. The van der Waals surface area contributed by atoms with Crippen molar-refractivity contribution in [2.75, 3.05) is 0 Å². The summed E-state index contributed by atoms with van der Waals surface area (Å²) < 4.78 is 15.2. The van der Waals surface area contributed by atoms with E-state index in [0.29, 0.717) is 5.76 Å². The first-order chi connectivity index (χ1) is 10.1. The van der Waals surface area contributed by atoms with Gasteiger partial charge in [0.05, 0.1) is 6.26 Å². The zero-order valence-corrected chi connectivity index (χ0v) is 11.6. The number of carbonyl (C=O) groups excluding carboxylic acids is 1. The van der Waals surface area contributed by atoms with Crippen LogP contribution in [0.2, 0.25) is 0 Å². The number of furan rings is 1. The van der Waals surface area contributed by atoms with Gasteiger partial charge in [-0.25, -0.2) is 4.79 Å². The van der Waals surface area contributed by atoms with Crippen LogP contribution in [-0.4, -0.2) is 26.8 Å². The molecular formula is C14H16N2O5. The summed E-state index contributed by atoms with van der Waals surface area (Å²) in [6.07, 6.45) is 4.21. The normalized spacial score (nSPS) is 18.0. The van der Waals surface area contributed by atoms with E-state index < -0.39 is 11.6 Å². The summed E-state index contributed by atoms with van der Waals surface area (Å²) in [6.45, 7) is 1.32. The average molecular weight is 292 g/mol. The van der Waals surface area contributed by atoms with Crippen molar-refractivity contribution >= 4 is 5.97 Å². The van der Waals surface area contributed by atoms with Gasteiger partial charge in [-0.1, -0.05) is 11.6 Å². The summed E-state index contributed by atoms with van der Waals surface area (Å²) in [4.78, 5) is 16.0. The maximum atomic E-state index is 11.9. The highest BCUT2D eigenvalue weighted by molar-refractivity contribution is 5.79. The lowest BCUT2D eigenvalue weighted by Crippen LogP contribution is -2.46. The van der Waals surface area contributed by atoms with Crippen molar-refractivity contribution in [3.8, 4) is 11.6 Å². The van der Waals surface area contributed by atoms with Crippen LogP contribution in [0.25, 0.3) is 11.6 Å². The molecule has 1 N–H and O–H groups in total. The molecule has 1 atom stereocenters. The van der Waals surface area contributed by atoms with Crippen molar-refractivity contribution in [1.82, 2.24) is 10.1 Å². The fourth-order valence-electron chi connectivity index (χ4n) is 2.23. The highest BCUT2D eigenvalue weighted by Gasteiger charge is 2.43. The molecule has 3 rings (SSSR count). The minimum Gasteiger partial charge on any atom is -0.461 e. The molecule has 0 amide bonds. The SMILES string of the molecule is CC(O)(C(=O)OCc1nc(-c2ccco2)no1)C1CCC1. The third-order valence-corrected chi connectivity index (χ3v) is 3.85. The van der Waals surface area contributed by atoms with Crippen molar-refractivity contribution in [2.45, 2.75) is 38.4 Å². The standard InChI is InChI=1S/C14H16N2O5/c1-14(18,9-4-2-5-9)13(17)20-8-11-15-12(16-21-11)10-6-3-7-19-10/h3,6-7,9,18H,2,4-5,8H2,1H3. The van der Waals surface area contributed by atoms with E-state index in [-0.39, 0.29) is 24.2 Å². The Bertz CT molecular complexity index is 613. The Labute approximate surface area is 120 Å². The van der Waals surface area contributed by atoms with Crippen LogP contribution in [0, 0.1) is 5.92 Å². The first kappa shape index (κ1) is 13.8. The molecule has 1 saturated carbocycles. The Morgan fingerprint density at radius 3 is 3.00 bits per heavy atom. The molecule has 112 valence electrons. The molecule has 1 aliphatic rings. The molecule has 1 aliphatic carbocycles. The van der Waals surface area contributed by atoms with Gasteiger partial charge in [-0.05, 0) is 37.8 Å². The van der Waals surface area contributed by atoms with Crippen LogP contribution in [0.1, 0.15) is 32.1 Å². The summed E-state index contributed by atoms with van der Waals surface area (Å²) in [7, 11) is 0. The lowest BCUT2D eigenvalue weighted by molar-refractivity contribution is -0.175. The van der Waals surface area contributed by atoms with Gasteiger partial charge in [0.2, 0.25) is 5.82 Å². The van der Waals surface area contributed by atoms with Gasteiger partial charge in [0.15, 0.2) is 18.0 Å². The summed E-state index contributed by atoms with van der Waals surface area (Å²) in [5.41, 5.74) is -1.46. The highest BCUT2D eigenvalue weighted by Crippen LogP contribution is 2.36. The number of hydrogen-bond donors (Lipinski definition) is 1. The molecule has 0 bridgehead atoms. The van der Waals surface area contributed by atoms with Gasteiger partial charge in [0.25, 0.3) is 5.89 Å². The van der Waals surface area contributed by atoms with E-state index in [2.05, 4.69) is 10.1 Å². The summed E-state index contributed by atoms with van der Waals surface area (Å²) in [6, 6.07) is 3.41. The molecule has 7 heteroatoms. The Balaban J connectivity index is 1.59. The van der Waals surface area contributed by atoms with Crippen molar-refractivity contribution in [2.24, 2.45) is 5.92 Å². The number of aromatic nitrogens is 2. The lowest BCUT2D eigenvalue weighted by Gasteiger charge is -2.36. The second-order valence-electron chi connectivity index (χ2n) is 5.34. The smallest absolute Gasteiger partial charge is 0.338 e. The van der Waals surface area contributed by atoms with Crippen LogP contribution >= 0.6 is 0 Å². The maximum Gasteiger partial charge on any atom is 0.338 e. The van der Waals surface area contributed by atoms with E-state index in [4.69, 9.17) is 13.7 Å². The van der Waals surface area contributed by atoms with Gasteiger partial charge in [-0.3, -0.25) is 0 Å². The molecule has 0 saturated heterocycles. The van der Waals surface area contributed by atoms with E-state index in [1.165, 1.54) is 13.2 Å². The van der Waals surface area contributed by atoms with Gasteiger partial charge in [-0.15, -0.1) is 0 Å². The summed E-state index contributed by atoms with van der Waals surface area (Å²) in [5, 5.41) is 13.9. The molecule has 0 radical (unpaired) electrons. The third kappa shape index (κ3) is 2.69. The van der Waals surface area contributed by atoms with Crippen molar-refractivity contribution in [3.05, 3.63) is 24.3 Å². The monoisotopic (exact) mass is 292 g/mol. The zero-order chi connectivity index (χ0) is 14.9. The Morgan fingerprint density at radius 2 is 2.38 bits per heavy atom. The average Bonchev–Trinajstić information content (AvgIpc) is 3.03. The van der Waals surface area contributed by atoms with E-state index >= 15 is 0 Å². The first-order valence-corrected chi connectivity index (χ1v) is 6.83. The number of rotatable bonds is 5. The van der Waals surface area contributed by atoms with E-state index in [1.54, 1.807) is 12.1 Å². The Morgan fingerprint density at radius 1 is 1.57 bits per heavy atom.